The van der Waals surface area contributed by atoms with Crippen LogP contribution in [-0.2, 0) is 0 Å². The zero-order valence-corrected chi connectivity index (χ0v) is 7.84. The van der Waals surface area contributed by atoms with E-state index in [1.165, 1.54) is 0 Å². The van der Waals surface area contributed by atoms with E-state index in [0.717, 1.165) is 23.7 Å². The lowest BCUT2D eigenvalue weighted by molar-refractivity contribution is 0.164. The van der Waals surface area contributed by atoms with Gasteiger partial charge in [0.05, 0.1) is 24.0 Å². The third-order valence-corrected chi connectivity index (χ3v) is 2.06. The van der Waals surface area contributed by atoms with Gasteiger partial charge in [-0.15, -0.1) is 6.58 Å². The highest BCUT2D eigenvalue weighted by Crippen LogP contribution is 2.17. The Morgan fingerprint density at radius 3 is 3.08 bits per heavy atom. The Labute approximate surface area is 76.1 Å². The summed E-state index contributed by atoms with van der Waals surface area (Å²) in [5, 5.41) is 9.52. The summed E-state index contributed by atoms with van der Waals surface area (Å²) in [7, 11) is 0. The van der Waals surface area contributed by atoms with Crippen LogP contribution in [0, 0.1) is 0 Å². The lowest BCUT2D eigenvalue weighted by atomic mass is 10.1. The van der Waals surface area contributed by atoms with Crippen molar-refractivity contribution in [1.29, 1.82) is 0 Å². The van der Waals surface area contributed by atoms with Crippen LogP contribution in [0.5, 0.6) is 0 Å². The Kier molecular flexibility index (Phi) is 3.37. The molecule has 0 aliphatic rings. The Bertz CT molecular complexity index is 246. The molecule has 4 heteroatoms. The third kappa shape index (κ3) is 2.71. The number of aromatic nitrogens is 2. The lowest BCUT2D eigenvalue weighted by Gasteiger charge is -2.05. The fraction of sp³-hybridized carbons (Fsp3) is 0.500. The van der Waals surface area contributed by atoms with Gasteiger partial charge < -0.3 is 5.11 Å². The first-order valence-corrected chi connectivity index (χ1v) is 4.53. The van der Waals surface area contributed by atoms with Crippen molar-refractivity contribution in [3.05, 3.63) is 24.0 Å². The quantitative estimate of drug-likeness (QED) is 0.727. The molecule has 0 aromatic carbocycles. The van der Waals surface area contributed by atoms with Crippen LogP contribution < -0.4 is 0 Å². The maximum atomic E-state index is 9.52. The molecule has 1 unspecified atom stereocenters. The first-order chi connectivity index (χ1) is 5.70. The predicted octanol–water partition coefficient (Wildman–Crippen LogP) is 1.93. The van der Waals surface area contributed by atoms with Gasteiger partial charge in [-0.1, -0.05) is 5.57 Å². The number of allylic oxidation sites excluding steroid dienone is 1. The molecule has 0 bridgehead atoms. The molecule has 0 amide bonds. The molecule has 66 valence electrons. The number of hydrogen-bond donors (Lipinski definition) is 1. The molecule has 0 spiro atoms. The van der Waals surface area contributed by atoms with Gasteiger partial charge in [-0.05, 0) is 19.8 Å². The molecule has 0 saturated heterocycles. The van der Waals surface area contributed by atoms with Gasteiger partial charge in [-0.2, -0.15) is 8.75 Å². The number of aliphatic hydroxyl groups is 1. The second-order valence-electron chi connectivity index (χ2n) is 2.84. The van der Waals surface area contributed by atoms with Crippen molar-refractivity contribution in [2.24, 2.45) is 0 Å². The molecule has 12 heavy (non-hydrogen) atoms. The van der Waals surface area contributed by atoms with Crippen molar-refractivity contribution in [3.63, 3.8) is 0 Å². The van der Waals surface area contributed by atoms with Gasteiger partial charge in [0.25, 0.3) is 0 Å². The third-order valence-electron chi connectivity index (χ3n) is 1.56. The average Bonchev–Trinajstić information content (AvgIpc) is 2.51. The maximum Gasteiger partial charge on any atom is 0.103 e. The summed E-state index contributed by atoms with van der Waals surface area (Å²) >= 11 is 1.12. The summed E-state index contributed by atoms with van der Waals surface area (Å²) in [6, 6.07) is 0. The molecule has 0 aliphatic carbocycles. The minimum Gasteiger partial charge on any atom is -0.387 e. The van der Waals surface area contributed by atoms with Crippen LogP contribution in [0.3, 0.4) is 0 Å². The molecule has 1 aromatic rings. The van der Waals surface area contributed by atoms with E-state index in [1.54, 1.807) is 6.20 Å². The Morgan fingerprint density at radius 1 is 1.83 bits per heavy atom. The zero-order valence-electron chi connectivity index (χ0n) is 7.03. The largest absolute Gasteiger partial charge is 0.387 e. The molecule has 0 saturated carbocycles. The maximum absolute atomic E-state index is 9.52. The standard InChI is InChI=1S/C8H12N2OS/c1-6(2)3-4-8(11)7-5-9-12-10-7/h5,8,11H,1,3-4H2,2H3. The summed E-state index contributed by atoms with van der Waals surface area (Å²) in [5.74, 6) is 0. The van der Waals surface area contributed by atoms with Crippen LogP contribution in [0.2, 0.25) is 0 Å². The predicted molar refractivity (Wildman–Crippen MR) is 48.9 cm³/mol. The second kappa shape index (κ2) is 4.33. The van der Waals surface area contributed by atoms with E-state index in [2.05, 4.69) is 15.3 Å². The van der Waals surface area contributed by atoms with E-state index >= 15 is 0 Å². The molecule has 3 nitrogen and oxygen atoms in total. The minimum atomic E-state index is -0.486. The fourth-order valence-corrected chi connectivity index (χ4v) is 1.32. The number of nitrogens with zero attached hydrogens (tertiary/aromatic N) is 2. The molecule has 0 radical (unpaired) electrons. The molecule has 1 aromatic heterocycles. The normalized spacial score (nSPS) is 12.8. The van der Waals surface area contributed by atoms with Gasteiger partial charge >= 0.3 is 0 Å². The van der Waals surface area contributed by atoms with Gasteiger partial charge in [0.15, 0.2) is 0 Å². The Hall–Kier alpha value is -0.740. The average molecular weight is 184 g/mol. The van der Waals surface area contributed by atoms with Crippen molar-refractivity contribution in [2.45, 2.75) is 25.9 Å². The molecule has 0 aliphatic heterocycles. The van der Waals surface area contributed by atoms with E-state index in [9.17, 15) is 5.11 Å². The van der Waals surface area contributed by atoms with Crippen molar-refractivity contribution in [3.8, 4) is 0 Å². The lowest BCUT2D eigenvalue weighted by Crippen LogP contribution is -1.97. The molecular formula is C8H12N2OS. The van der Waals surface area contributed by atoms with Crippen molar-refractivity contribution in [1.82, 2.24) is 8.75 Å². The highest BCUT2D eigenvalue weighted by atomic mass is 32.1. The minimum absolute atomic E-state index is 0.486. The summed E-state index contributed by atoms with van der Waals surface area (Å²) in [5.41, 5.74) is 1.75. The second-order valence-corrected chi connectivity index (χ2v) is 3.40. The van der Waals surface area contributed by atoms with Crippen LogP contribution in [0.25, 0.3) is 0 Å². The number of rotatable bonds is 4. The van der Waals surface area contributed by atoms with E-state index in [1.807, 2.05) is 6.92 Å². The van der Waals surface area contributed by atoms with Gasteiger partial charge in [0, 0.05) is 0 Å². The topological polar surface area (TPSA) is 46.0 Å². The van der Waals surface area contributed by atoms with Gasteiger partial charge in [-0.3, -0.25) is 0 Å². The highest BCUT2D eigenvalue weighted by Gasteiger charge is 2.09. The fourth-order valence-electron chi connectivity index (χ4n) is 0.850. The van der Waals surface area contributed by atoms with E-state index in [0.29, 0.717) is 12.1 Å². The molecule has 1 atom stereocenters. The molecular weight excluding hydrogens is 172 g/mol. The molecule has 1 heterocycles. The highest BCUT2D eigenvalue weighted by molar-refractivity contribution is 6.99. The summed E-state index contributed by atoms with van der Waals surface area (Å²) < 4.78 is 7.76. The first kappa shape index (κ1) is 9.35. The first-order valence-electron chi connectivity index (χ1n) is 3.80. The molecule has 1 N–H and O–H groups in total. The van der Waals surface area contributed by atoms with E-state index < -0.39 is 6.10 Å². The van der Waals surface area contributed by atoms with Crippen molar-refractivity contribution < 1.29 is 5.11 Å². The van der Waals surface area contributed by atoms with Crippen molar-refractivity contribution >= 4 is 11.7 Å². The molecule has 0 fully saturated rings. The smallest absolute Gasteiger partial charge is 0.103 e. The number of hydrogen-bond acceptors (Lipinski definition) is 4. The monoisotopic (exact) mass is 184 g/mol. The van der Waals surface area contributed by atoms with Crippen LogP contribution in [0.1, 0.15) is 31.6 Å². The van der Waals surface area contributed by atoms with Crippen LogP contribution in [0.4, 0.5) is 0 Å². The van der Waals surface area contributed by atoms with Crippen LogP contribution >= 0.6 is 11.7 Å². The van der Waals surface area contributed by atoms with Crippen LogP contribution in [0.15, 0.2) is 18.3 Å². The summed E-state index contributed by atoms with van der Waals surface area (Å²) in [6.07, 6.45) is 2.63. The number of aliphatic hydroxyl groups excluding tert-OH is 1. The van der Waals surface area contributed by atoms with Gasteiger partial charge in [0.1, 0.15) is 5.69 Å². The van der Waals surface area contributed by atoms with Gasteiger partial charge in [-0.25, -0.2) is 0 Å². The Morgan fingerprint density at radius 2 is 2.58 bits per heavy atom. The van der Waals surface area contributed by atoms with E-state index in [4.69, 9.17) is 0 Å². The summed E-state index contributed by atoms with van der Waals surface area (Å²) in [6.45, 7) is 5.71. The van der Waals surface area contributed by atoms with Crippen molar-refractivity contribution in [2.75, 3.05) is 0 Å². The van der Waals surface area contributed by atoms with E-state index in [-0.39, 0.29) is 0 Å². The molecule has 1 rings (SSSR count). The Balaban J connectivity index is 2.39. The van der Waals surface area contributed by atoms with Crippen LogP contribution in [-0.4, -0.2) is 13.9 Å². The summed E-state index contributed by atoms with van der Waals surface area (Å²) in [4.78, 5) is 0. The van der Waals surface area contributed by atoms with Gasteiger partial charge in [0.2, 0.25) is 0 Å². The zero-order chi connectivity index (χ0) is 8.97. The SMILES string of the molecule is C=C(C)CCC(O)c1cnsn1.